The number of aliphatic imine (C=N–C) groups is 1. The number of nitrogens with zero attached hydrogens (tertiary/aromatic N) is 4. The molecule has 1 N–H and O–H groups in total. The highest BCUT2D eigenvalue weighted by Crippen LogP contribution is 2.28. The summed E-state index contributed by atoms with van der Waals surface area (Å²) in [6.45, 7) is 1.61. The first-order valence-corrected chi connectivity index (χ1v) is 12.4. The number of hydrogen-bond donors (Lipinski definition) is 1. The normalized spacial score (nSPS) is 12.1. The molecule has 0 spiro atoms. The fourth-order valence-electron chi connectivity index (χ4n) is 4.35. The smallest absolute Gasteiger partial charge is 0.223 e. The van der Waals surface area contributed by atoms with Crippen LogP contribution < -0.4 is 24.5 Å². The highest BCUT2D eigenvalue weighted by atomic mass is 16.5. The maximum absolute atomic E-state index is 8.89. The van der Waals surface area contributed by atoms with Crippen molar-refractivity contribution in [3.05, 3.63) is 102 Å². The van der Waals surface area contributed by atoms with E-state index in [1.807, 2.05) is 54.3 Å². The van der Waals surface area contributed by atoms with Gasteiger partial charge in [0, 0.05) is 36.9 Å². The lowest BCUT2D eigenvalue weighted by molar-refractivity contribution is -0.582. The number of nitrogens with one attached hydrogen (secondary N) is 1. The van der Waals surface area contributed by atoms with Gasteiger partial charge in [-0.2, -0.15) is 9.67 Å². The van der Waals surface area contributed by atoms with Crippen molar-refractivity contribution >= 4 is 29.4 Å². The van der Waals surface area contributed by atoms with Gasteiger partial charge in [0.2, 0.25) is 5.70 Å². The molecule has 1 aliphatic heterocycles. The molecule has 0 saturated heterocycles. The molecule has 2 aromatic carbocycles. The van der Waals surface area contributed by atoms with Crippen LogP contribution in [0.25, 0.3) is 5.70 Å². The van der Waals surface area contributed by atoms with Gasteiger partial charge in [-0.3, -0.25) is 4.99 Å². The zero-order valence-corrected chi connectivity index (χ0v) is 22.4. The predicted molar refractivity (Wildman–Crippen MR) is 148 cm³/mol. The second kappa shape index (κ2) is 12.6. The number of pyridine rings is 1. The standard InChI is InChI=1S/C28H28N5O2.C2H4O2/c1-29-28-26(18-31-33(28)19-20-7-11-24(34-2)12-8-20)30-17-22-16-23-6-4-5-15-32(23)27(22)21-9-13-25(35-3)14-10-21;1-2(3)4/h4-15,17-18,29H,16,19H2,1-3H3;1H3,(H,3,4)/q+1;/p-1. The molecule has 9 nitrogen and oxygen atoms in total. The monoisotopic (exact) mass is 525 g/mol. The third kappa shape index (κ3) is 6.51. The van der Waals surface area contributed by atoms with E-state index < -0.39 is 5.97 Å². The van der Waals surface area contributed by atoms with Crippen molar-refractivity contribution < 1.29 is 23.9 Å². The van der Waals surface area contributed by atoms with Crippen LogP contribution in [-0.2, 0) is 17.8 Å². The summed E-state index contributed by atoms with van der Waals surface area (Å²) in [5, 5.41) is 16.7. The van der Waals surface area contributed by atoms with E-state index in [1.54, 1.807) is 20.4 Å². The molecule has 0 unspecified atom stereocenters. The number of rotatable bonds is 8. The summed E-state index contributed by atoms with van der Waals surface area (Å²) in [7, 11) is 5.24. The molecule has 2 aromatic heterocycles. The van der Waals surface area contributed by atoms with Gasteiger partial charge in [-0.25, -0.2) is 4.68 Å². The Morgan fingerprint density at radius 3 is 2.33 bits per heavy atom. The van der Waals surface area contributed by atoms with E-state index in [-0.39, 0.29) is 0 Å². The third-order valence-corrected chi connectivity index (χ3v) is 6.13. The molecule has 9 heteroatoms. The minimum absolute atomic E-state index is 0.636. The van der Waals surface area contributed by atoms with Crippen molar-refractivity contribution in [3.8, 4) is 11.5 Å². The maximum Gasteiger partial charge on any atom is 0.223 e. The molecule has 0 aliphatic carbocycles. The number of carbonyl (C=O) groups excluding carboxylic acids is 1. The van der Waals surface area contributed by atoms with E-state index in [0.717, 1.165) is 58.7 Å². The van der Waals surface area contributed by atoms with E-state index in [4.69, 9.17) is 24.4 Å². The van der Waals surface area contributed by atoms with Gasteiger partial charge in [0.05, 0.1) is 39.0 Å². The number of allylic oxidation sites excluding steroid dienone is 1. The summed E-state index contributed by atoms with van der Waals surface area (Å²) in [5.74, 6) is 1.46. The van der Waals surface area contributed by atoms with Gasteiger partial charge in [-0.1, -0.05) is 18.2 Å². The number of anilines is 1. The Balaban J connectivity index is 0.000000826. The number of methoxy groups -OCH3 is 2. The zero-order chi connectivity index (χ0) is 27.8. The maximum atomic E-state index is 8.89. The van der Waals surface area contributed by atoms with Crippen LogP contribution in [0.1, 0.15) is 23.7 Å². The minimum Gasteiger partial charge on any atom is -0.550 e. The van der Waals surface area contributed by atoms with Gasteiger partial charge in [-0.05, 0) is 48.9 Å². The number of carboxylic acid groups (broad SMARTS) is 1. The predicted octanol–water partition coefficient (Wildman–Crippen LogP) is 3.25. The summed E-state index contributed by atoms with van der Waals surface area (Å²) in [6.07, 6.45) is 6.67. The lowest BCUT2D eigenvalue weighted by atomic mass is 10.1. The Morgan fingerprint density at radius 1 is 1.08 bits per heavy atom. The molecule has 200 valence electrons. The molecule has 1 aliphatic rings. The topological polar surface area (TPSA) is 105 Å². The van der Waals surface area contributed by atoms with Crippen molar-refractivity contribution in [2.75, 3.05) is 26.6 Å². The average molecular weight is 526 g/mol. The molecule has 0 radical (unpaired) electrons. The second-order valence-electron chi connectivity index (χ2n) is 8.73. The van der Waals surface area contributed by atoms with Crippen LogP contribution >= 0.6 is 0 Å². The van der Waals surface area contributed by atoms with Crippen molar-refractivity contribution in [3.63, 3.8) is 0 Å². The van der Waals surface area contributed by atoms with Crippen LogP contribution in [0.4, 0.5) is 11.5 Å². The van der Waals surface area contributed by atoms with E-state index in [0.29, 0.717) is 6.54 Å². The molecule has 3 heterocycles. The number of ether oxygens (including phenoxy) is 2. The highest BCUT2D eigenvalue weighted by molar-refractivity contribution is 5.92. The first-order valence-electron chi connectivity index (χ1n) is 12.4. The summed E-state index contributed by atoms with van der Waals surface area (Å²) in [4.78, 5) is 13.7. The molecule has 39 heavy (non-hydrogen) atoms. The van der Waals surface area contributed by atoms with Crippen molar-refractivity contribution in [1.29, 1.82) is 0 Å². The fourth-order valence-corrected chi connectivity index (χ4v) is 4.35. The van der Waals surface area contributed by atoms with Gasteiger partial charge < -0.3 is 24.7 Å². The molecule has 0 fully saturated rings. The summed E-state index contributed by atoms with van der Waals surface area (Å²) in [6, 6.07) is 22.4. The molecular weight excluding hydrogens is 494 g/mol. The van der Waals surface area contributed by atoms with E-state index in [2.05, 4.69) is 51.5 Å². The van der Waals surface area contributed by atoms with Crippen LogP contribution in [-0.4, -0.2) is 43.2 Å². The number of benzene rings is 2. The van der Waals surface area contributed by atoms with Crippen LogP contribution in [0.5, 0.6) is 11.5 Å². The van der Waals surface area contributed by atoms with Crippen molar-refractivity contribution in [1.82, 2.24) is 9.78 Å². The van der Waals surface area contributed by atoms with Crippen molar-refractivity contribution in [2.45, 2.75) is 19.9 Å². The lowest BCUT2D eigenvalue weighted by Gasteiger charge is -2.08. The molecule has 4 aromatic rings. The number of hydrogen-bond acceptors (Lipinski definition) is 7. The Kier molecular flexibility index (Phi) is 8.73. The van der Waals surface area contributed by atoms with E-state index in [9.17, 15) is 0 Å². The average Bonchev–Trinajstić information content (AvgIpc) is 3.52. The molecule has 0 saturated carbocycles. The SMILES string of the molecule is CC(=O)[O-].CNc1c(N=CC2=C(c3ccc(OC)cc3)[n+]3ccccc3C2)cnn1Cc1ccc(OC)cc1. The van der Waals surface area contributed by atoms with Crippen LogP contribution in [0.3, 0.4) is 0 Å². The Morgan fingerprint density at radius 2 is 1.72 bits per heavy atom. The Labute approximate surface area is 227 Å². The van der Waals surface area contributed by atoms with Crippen LogP contribution in [0.15, 0.2) is 89.7 Å². The number of aliphatic carboxylic acids is 1. The van der Waals surface area contributed by atoms with E-state index >= 15 is 0 Å². The van der Waals surface area contributed by atoms with Gasteiger partial charge in [-0.15, -0.1) is 0 Å². The Bertz CT molecular complexity index is 1480. The second-order valence-corrected chi connectivity index (χ2v) is 8.73. The van der Waals surface area contributed by atoms with Gasteiger partial charge in [0.1, 0.15) is 17.2 Å². The molecular formula is C30H31N5O4. The largest absolute Gasteiger partial charge is 0.550 e. The number of fused-ring (bicyclic) bond motifs is 1. The van der Waals surface area contributed by atoms with Crippen molar-refractivity contribution in [2.24, 2.45) is 4.99 Å². The summed E-state index contributed by atoms with van der Waals surface area (Å²) >= 11 is 0. The van der Waals surface area contributed by atoms with Crippen LogP contribution in [0.2, 0.25) is 0 Å². The molecule has 5 rings (SSSR count). The van der Waals surface area contributed by atoms with Crippen LogP contribution in [0, 0.1) is 0 Å². The quantitative estimate of drug-likeness (QED) is 0.280. The van der Waals surface area contributed by atoms with Gasteiger partial charge >= 0.3 is 0 Å². The number of carboxylic acids is 1. The first-order chi connectivity index (χ1) is 18.9. The van der Waals surface area contributed by atoms with Gasteiger partial charge in [0.25, 0.3) is 0 Å². The van der Waals surface area contributed by atoms with E-state index in [1.165, 1.54) is 5.69 Å². The third-order valence-electron chi connectivity index (χ3n) is 6.13. The Hall–Kier alpha value is -4.92. The number of carbonyl (C=O) groups is 1. The summed E-state index contributed by atoms with van der Waals surface area (Å²) in [5.41, 5.74) is 6.54. The lowest BCUT2D eigenvalue weighted by Crippen LogP contribution is -2.33. The first kappa shape index (κ1) is 27.1. The van der Waals surface area contributed by atoms with Gasteiger partial charge in [0.15, 0.2) is 17.7 Å². The highest BCUT2D eigenvalue weighted by Gasteiger charge is 2.30. The fraction of sp³-hybridized carbons (Fsp3) is 0.200. The molecule has 0 bridgehead atoms. The summed E-state index contributed by atoms with van der Waals surface area (Å²) < 4.78 is 14.8. The zero-order valence-electron chi connectivity index (χ0n) is 22.4. The minimum atomic E-state index is -1.08. The molecule has 0 amide bonds. The molecule has 0 atom stereocenters. The number of aromatic nitrogens is 3.